The molecule has 2 atom stereocenters. The first-order valence-corrected chi connectivity index (χ1v) is 8.62. The van der Waals surface area contributed by atoms with Crippen molar-refractivity contribution in [2.45, 2.75) is 66.8 Å². The van der Waals surface area contributed by atoms with Gasteiger partial charge in [0, 0.05) is 19.1 Å². The summed E-state index contributed by atoms with van der Waals surface area (Å²) in [6.07, 6.45) is 4.13. The second-order valence-corrected chi connectivity index (χ2v) is 9.39. The normalized spacial score (nSPS) is 36.3. The minimum absolute atomic E-state index is 0.500. The molecule has 2 rings (SSSR count). The summed E-state index contributed by atoms with van der Waals surface area (Å²) < 4.78 is 0. The van der Waals surface area contributed by atoms with Gasteiger partial charge in [0.05, 0.1) is 0 Å². The first-order chi connectivity index (χ1) is 9.17. The minimum Gasteiger partial charge on any atom is -0.316 e. The van der Waals surface area contributed by atoms with Crippen LogP contribution < -0.4 is 5.32 Å². The first kappa shape index (κ1) is 16.3. The van der Waals surface area contributed by atoms with Crippen LogP contribution >= 0.6 is 0 Å². The lowest BCUT2D eigenvalue weighted by molar-refractivity contribution is 0.00962. The third-order valence-corrected chi connectivity index (χ3v) is 5.13. The van der Waals surface area contributed by atoms with Gasteiger partial charge in [0.25, 0.3) is 0 Å². The van der Waals surface area contributed by atoms with Crippen molar-refractivity contribution in [1.82, 2.24) is 10.2 Å². The van der Waals surface area contributed by atoms with Gasteiger partial charge in [-0.3, -0.25) is 4.90 Å². The summed E-state index contributed by atoms with van der Waals surface area (Å²) in [6.45, 7) is 19.6. The van der Waals surface area contributed by atoms with Crippen molar-refractivity contribution in [2.24, 2.45) is 22.7 Å². The van der Waals surface area contributed by atoms with E-state index in [0.717, 1.165) is 17.9 Å². The van der Waals surface area contributed by atoms with Crippen LogP contribution in [0.15, 0.2) is 0 Å². The molecule has 1 saturated carbocycles. The topological polar surface area (TPSA) is 15.3 Å². The van der Waals surface area contributed by atoms with E-state index in [-0.39, 0.29) is 0 Å². The van der Waals surface area contributed by atoms with Gasteiger partial charge in [0.1, 0.15) is 0 Å². The van der Waals surface area contributed by atoms with Gasteiger partial charge in [-0.1, -0.05) is 41.5 Å². The lowest BCUT2D eigenvalue weighted by Gasteiger charge is -2.50. The largest absolute Gasteiger partial charge is 0.316 e. The summed E-state index contributed by atoms with van der Waals surface area (Å²) in [5.41, 5.74) is 0.999. The Kier molecular flexibility index (Phi) is 4.86. The second kappa shape index (κ2) is 5.96. The quantitative estimate of drug-likeness (QED) is 0.786. The standard InChI is InChI=1S/C18H36N2/c1-14-9-19-10-15(2)12-20(11-14)16-7-17(3,4)13-18(5,6)8-16/h14-16,19H,7-13H2,1-6H3. The fourth-order valence-corrected chi connectivity index (χ4v) is 4.92. The fourth-order valence-electron chi connectivity index (χ4n) is 4.92. The Balaban J connectivity index is 2.10. The van der Waals surface area contributed by atoms with Gasteiger partial charge in [0.15, 0.2) is 0 Å². The summed E-state index contributed by atoms with van der Waals surface area (Å²) in [4.78, 5) is 2.83. The van der Waals surface area contributed by atoms with Crippen LogP contribution in [0.5, 0.6) is 0 Å². The van der Waals surface area contributed by atoms with E-state index < -0.39 is 0 Å². The maximum Gasteiger partial charge on any atom is 0.0106 e. The van der Waals surface area contributed by atoms with Crippen LogP contribution in [0.25, 0.3) is 0 Å². The molecule has 2 unspecified atom stereocenters. The van der Waals surface area contributed by atoms with E-state index in [0.29, 0.717) is 10.8 Å². The van der Waals surface area contributed by atoms with Crippen LogP contribution in [0.3, 0.4) is 0 Å². The van der Waals surface area contributed by atoms with Crippen LogP contribution in [0.4, 0.5) is 0 Å². The van der Waals surface area contributed by atoms with E-state index in [1.807, 2.05) is 0 Å². The molecule has 2 nitrogen and oxygen atoms in total. The van der Waals surface area contributed by atoms with Gasteiger partial charge in [-0.25, -0.2) is 0 Å². The Morgan fingerprint density at radius 1 is 0.850 bits per heavy atom. The van der Waals surface area contributed by atoms with Crippen LogP contribution in [-0.2, 0) is 0 Å². The van der Waals surface area contributed by atoms with E-state index in [4.69, 9.17) is 0 Å². The van der Waals surface area contributed by atoms with Crippen LogP contribution in [0.1, 0.15) is 60.8 Å². The molecule has 1 aliphatic carbocycles. The zero-order chi connectivity index (χ0) is 15.0. The summed E-state index contributed by atoms with van der Waals surface area (Å²) in [6, 6.07) is 0.789. The van der Waals surface area contributed by atoms with Crippen molar-refractivity contribution in [2.75, 3.05) is 26.2 Å². The highest BCUT2D eigenvalue weighted by atomic mass is 15.2. The van der Waals surface area contributed by atoms with Crippen LogP contribution in [0, 0.1) is 22.7 Å². The SMILES string of the molecule is CC1CNCC(C)CN(C2CC(C)(C)CC(C)(C)C2)C1. The lowest BCUT2D eigenvalue weighted by atomic mass is 9.63. The smallest absolute Gasteiger partial charge is 0.0106 e. The molecule has 1 heterocycles. The molecule has 1 aliphatic heterocycles. The summed E-state index contributed by atoms with van der Waals surface area (Å²) >= 11 is 0. The molecule has 0 spiro atoms. The van der Waals surface area contributed by atoms with Crippen molar-refractivity contribution >= 4 is 0 Å². The Hall–Kier alpha value is -0.0800. The molecule has 0 radical (unpaired) electrons. The van der Waals surface area contributed by atoms with E-state index in [2.05, 4.69) is 51.8 Å². The Morgan fingerprint density at radius 3 is 1.75 bits per heavy atom. The van der Waals surface area contributed by atoms with Crippen molar-refractivity contribution in [3.05, 3.63) is 0 Å². The third-order valence-electron chi connectivity index (χ3n) is 5.13. The van der Waals surface area contributed by atoms with E-state index >= 15 is 0 Å². The summed E-state index contributed by atoms with van der Waals surface area (Å²) in [5.74, 6) is 1.55. The molecular formula is C18H36N2. The number of hydrogen-bond donors (Lipinski definition) is 1. The van der Waals surface area contributed by atoms with Crippen LogP contribution in [-0.4, -0.2) is 37.1 Å². The first-order valence-electron chi connectivity index (χ1n) is 8.62. The molecule has 2 fully saturated rings. The van der Waals surface area contributed by atoms with Crippen molar-refractivity contribution in [1.29, 1.82) is 0 Å². The Labute approximate surface area is 126 Å². The van der Waals surface area contributed by atoms with E-state index in [1.54, 1.807) is 0 Å². The molecule has 1 saturated heterocycles. The molecule has 2 heteroatoms. The van der Waals surface area contributed by atoms with Crippen LogP contribution in [0.2, 0.25) is 0 Å². The van der Waals surface area contributed by atoms with Crippen molar-refractivity contribution in [3.8, 4) is 0 Å². The lowest BCUT2D eigenvalue weighted by Crippen LogP contribution is -2.51. The number of nitrogens with one attached hydrogen (secondary N) is 1. The highest BCUT2D eigenvalue weighted by Gasteiger charge is 2.41. The molecule has 0 amide bonds. The molecule has 2 aliphatic rings. The predicted octanol–water partition coefficient (Wildman–Crippen LogP) is 3.77. The van der Waals surface area contributed by atoms with E-state index in [9.17, 15) is 0 Å². The van der Waals surface area contributed by atoms with Gasteiger partial charge in [-0.2, -0.15) is 0 Å². The van der Waals surface area contributed by atoms with Gasteiger partial charge < -0.3 is 5.32 Å². The maximum absolute atomic E-state index is 3.62. The van der Waals surface area contributed by atoms with Gasteiger partial charge in [0.2, 0.25) is 0 Å². The fraction of sp³-hybridized carbons (Fsp3) is 1.00. The Morgan fingerprint density at radius 2 is 1.30 bits per heavy atom. The molecule has 0 aromatic rings. The number of hydrogen-bond acceptors (Lipinski definition) is 2. The predicted molar refractivity (Wildman–Crippen MR) is 88.0 cm³/mol. The maximum atomic E-state index is 3.62. The summed E-state index contributed by atoms with van der Waals surface area (Å²) in [7, 11) is 0. The van der Waals surface area contributed by atoms with E-state index in [1.165, 1.54) is 45.4 Å². The zero-order valence-corrected chi connectivity index (χ0v) is 14.6. The van der Waals surface area contributed by atoms with Crippen molar-refractivity contribution < 1.29 is 0 Å². The average Bonchev–Trinajstić information content (AvgIpc) is 2.21. The monoisotopic (exact) mass is 280 g/mol. The highest BCUT2D eigenvalue weighted by Crippen LogP contribution is 2.47. The van der Waals surface area contributed by atoms with Gasteiger partial charge >= 0.3 is 0 Å². The summed E-state index contributed by atoms with van der Waals surface area (Å²) in [5, 5.41) is 3.62. The zero-order valence-electron chi connectivity index (χ0n) is 14.6. The van der Waals surface area contributed by atoms with Gasteiger partial charge in [-0.15, -0.1) is 0 Å². The third kappa shape index (κ3) is 4.46. The second-order valence-electron chi connectivity index (χ2n) is 9.39. The molecule has 118 valence electrons. The number of rotatable bonds is 1. The average molecular weight is 281 g/mol. The number of nitrogens with zero attached hydrogens (tertiary/aromatic N) is 1. The highest BCUT2D eigenvalue weighted by molar-refractivity contribution is 4.94. The molecule has 0 bridgehead atoms. The minimum atomic E-state index is 0.500. The van der Waals surface area contributed by atoms with Gasteiger partial charge in [-0.05, 0) is 55.0 Å². The van der Waals surface area contributed by atoms with Crippen molar-refractivity contribution in [3.63, 3.8) is 0 Å². The molecular weight excluding hydrogens is 244 g/mol. The Bertz CT molecular complexity index is 293. The molecule has 20 heavy (non-hydrogen) atoms. The molecule has 0 aromatic heterocycles. The molecule has 0 aromatic carbocycles. The molecule has 1 N–H and O–H groups in total.